The van der Waals surface area contributed by atoms with Crippen molar-refractivity contribution in [1.29, 1.82) is 0 Å². The maximum Gasteiger partial charge on any atom is 0.0372 e. The van der Waals surface area contributed by atoms with Crippen LogP contribution in [0.5, 0.6) is 0 Å². The van der Waals surface area contributed by atoms with E-state index < -0.39 is 0 Å². The molecule has 0 aromatic heterocycles. The molecule has 2 atom stereocenters. The lowest BCUT2D eigenvalue weighted by molar-refractivity contribution is 0.0263. The second-order valence-electron chi connectivity index (χ2n) is 5.98. The summed E-state index contributed by atoms with van der Waals surface area (Å²) in [6.07, 6.45) is 6.21. The Kier molecular flexibility index (Phi) is 5.00. The lowest BCUT2D eigenvalue weighted by atomic mass is 9.83. The number of nitrogens with two attached hydrogens (primary N) is 1. The van der Waals surface area contributed by atoms with E-state index in [-0.39, 0.29) is 5.54 Å². The van der Waals surface area contributed by atoms with Gasteiger partial charge in [0.25, 0.3) is 0 Å². The van der Waals surface area contributed by atoms with Gasteiger partial charge in [-0.2, -0.15) is 0 Å². The van der Waals surface area contributed by atoms with Crippen molar-refractivity contribution in [1.82, 2.24) is 4.90 Å². The van der Waals surface area contributed by atoms with Crippen LogP contribution in [0.15, 0.2) is 30.3 Å². The number of benzene rings is 1. The van der Waals surface area contributed by atoms with Crippen molar-refractivity contribution >= 4 is 0 Å². The van der Waals surface area contributed by atoms with Crippen molar-refractivity contribution in [2.45, 2.75) is 57.5 Å². The standard InChI is InChI=1S/C17H28N2/c1-3-17(14-18,13-16-10-5-4-6-11-16)19-12-8-7-9-15(19)2/h4-6,10-11,15H,3,7-9,12-14,18H2,1-2H3. The molecule has 0 spiro atoms. The topological polar surface area (TPSA) is 29.3 Å². The molecule has 0 radical (unpaired) electrons. The molecule has 1 heterocycles. The largest absolute Gasteiger partial charge is 0.329 e. The van der Waals surface area contributed by atoms with Crippen LogP contribution in [0, 0.1) is 0 Å². The Morgan fingerprint density at radius 3 is 2.58 bits per heavy atom. The molecule has 106 valence electrons. The van der Waals surface area contributed by atoms with Gasteiger partial charge < -0.3 is 5.73 Å². The van der Waals surface area contributed by atoms with Crippen LogP contribution in [-0.4, -0.2) is 29.6 Å². The first-order valence-electron chi connectivity index (χ1n) is 7.72. The summed E-state index contributed by atoms with van der Waals surface area (Å²) >= 11 is 0. The average molecular weight is 260 g/mol. The molecule has 0 saturated carbocycles. The van der Waals surface area contributed by atoms with E-state index in [9.17, 15) is 0 Å². The highest BCUT2D eigenvalue weighted by Crippen LogP contribution is 2.31. The van der Waals surface area contributed by atoms with E-state index in [1.807, 2.05) is 0 Å². The first-order chi connectivity index (χ1) is 9.22. The van der Waals surface area contributed by atoms with Gasteiger partial charge in [-0.25, -0.2) is 0 Å². The predicted octanol–water partition coefficient (Wildman–Crippen LogP) is 3.21. The zero-order valence-electron chi connectivity index (χ0n) is 12.4. The van der Waals surface area contributed by atoms with Crippen LogP contribution in [-0.2, 0) is 6.42 Å². The highest BCUT2D eigenvalue weighted by atomic mass is 15.2. The minimum atomic E-state index is 0.140. The van der Waals surface area contributed by atoms with E-state index in [0.717, 1.165) is 19.4 Å². The van der Waals surface area contributed by atoms with Gasteiger partial charge in [-0.05, 0) is 44.7 Å². The Labute approximate surface area is 118 Å². The first-order valence-corrected chi connectivity index (χ1v) is 7.72. The highest BCUT2D eigenvalue weighted by molar-refractivity contribution is 5.18. The van der Waals surface area contributed by atoms with Gasteiger partial charge in [-0.1, -0.05) is 43.7 Å². The molecule has 1 saturated heterocycles. The number of rotatable bonds is 5. The smallest absolute Gasteiger partial charge is 0.0372 e. The van der Waals surface area contributed by atoms with Crippen molar-refractivity contribution < 1.29 is 0 Å². The van der Waals surface area contributed by atoms with E-state index in [2.05, 4.69) is 49.1 Å². The van der Waals surface area contributed by atoms with Gasteiger partial charge in [-0.3, -0.25) is 4.90 Å². The molecule has 1 aliphatic rings. The van der Waals surface area contributed by atoms with Crippen LogP contribution in [0.3, 0.4) is 0 Å². The van der Waals surface area contributed by atoms with E-state index in [0.29, 0.717) is 6.04 Å². The Bertz CT molecular complexity index is 370. The van der Waals surface area contributed by atoms with E-state index in [1.54, 1.807) is 0 Å². The first kappa shape index (κ1) is 14.5. The van der Waals surface area contributed by atoms with Crippen molar-refractivity contribution in [2.24, 2.45) is 5.73 Å². The maximum atomic E-state index is 6.22. The van der Waals surface area contributed by atoms with Gasteiger partial charge in [-0.15, -0.1) is 0 Å². The van der Waals surface area contributed by atoms with Crippen LogP contribution >= 0.6 is 0 Å². The second kappa shape index (κ2) is 6.53. The van der Waals surface area contributed by atoms with E-state index in [1.165, 1.54) is 31.4 Å². The molecular weight excluding hydrogens is 232 g/mol. The molecule has 2 N–H and O–H groups in total. The van der Waals surface area contributed by atoms with E-state index in [4.69, 9.17) is 5.73 Å². The number of nitrogens with zero attached hydrogens (tertiary/aromatic N) is 1. The summed E-state index contributed by atoms with van der Waals surface area (Å²) in [6.45, 7) is 6.61. The number of hydrogen-bond donors (Lipinski definition) is 1. The zero-order chi connectivity index (χ0) is 13.7. The summed E-state index contributed by atoms with van der Waals surface area (Å²) < 4.78 is 0. The summed E-state index contributed by atoms with van der Waals surface area (Å²) in [5.74, 6) is 0. The summed E-state index contributed by atoms with van der Waals surface area (Å²) in [4.78, 5) is 2.68. The third-order valence-corrected chi connectivity index (χ3v) is 4.83. The molecule has 1 aromatic rings. The highest BCUT2D eigenvalue weighted by Gasteiger charge is 2.37. The van der Waals surface area contributed by atoms with Crippen LogP contribution < -0.4 is 5.73 Å². The maximum absolute atomic E-state index is 6.22. The molecule has 2 heteroatoms. The molecule has 0 bridgehead atoms. The average Bonchev–Trinajstić information content (AvgIpc) is 2.47. The van der Waals surface area contributed by atoms with E-state index >= 15 is 0 Å². The molecule has 1 aliphatic heterocycles. The molecular formula is C17H28N2. The minimum absolute atomic E-state index is 0.140. The van der Waals surface area contributed by atoms with Gasteiger partial charge in [0.2, 0.25) is 0 Å². The van der Waals surface area contributed by atoms with Crippen LogP contribution in [0.1, 0.15) is 45.1 Å². The van der Waals surface area contributed by atoms with Crippen LogP contribution in [0.4, 0.5) is 0 Å². The van der Waals surface area contributed by atoms with Crippen molar-refractivity contribution in [3.63, 3.8) is 0 Å². The molecule has 0 amide bonds. The molecule has 2 rings (SSSR count). The Morgan fingerprint density at radius 2 is 2.00 bits per heavy atom. The SMILES string of the molecule is CCC(CN)(Cc1ccccc1)N1CCCCC1C. The van der Waals surface area contributed by atoms with Gasteiger partial charge in [0.1, 0.15) is 0 Å². The summed E-state index contributed by atoms with van der Waals surface area (Å²) in [6, 6.07) is 11.5. The normalized spacial score (nSPS) is 24.1. The lowest BCUT2D eigenvalue weighted by Crippen LogP contribution is -2.59. The number of hydrogen-bond acceptors (Lipinski definition) is 2. The summed E-state index contributed by atoms with van der Waals surface area (Å²) in [5, 5.41) is 0. The van der Waals surface area contributed by atoms with Gasteiger partial charge >= 0.3 is 0 Å². The van der Waals surface area contributed by atoms with Gasteiger partial charge in [0, 0.05) is 18.1 Å². The van der Waals surface area contributed by atoms with Crippen molar-refractivity contribution in [3.05, 3.63) is 35.9 Å². The fraction of sp³-hybridized carbons (Fsp3) is 0.647. The van der Waals surface area contributed by atoms with Crippen LogP contribution in [0.25, 0.3) is 0 Å². The van der Waals surface area contributed by atoms with Crippen molar-refractivity contribution in [3.8, 4) is 0 Å². The summed E-state index contributed by atoms with van der Waals surface area (Å²) in [7, 11) is 0. The lowest BCUT2D eigenvalue weighted by Gasteiger charge is -2.48. The fourth-order valence-corrected chi connectivity index (χ4v) is 3.54. The van der Waals surface area contributed by atoms with Crippen molar-refractivity contribution in [2.75, 3.05) is 13.1 Å². The monoisotopic (exact) mass is 260 g/mol. The minimum Gasteiger partial charge on any atom is -0.329 e. The fourth-order valence-electron chi connectivity index (χ4n) is 3.54. The Hall–Kier alpha value is -0.860. The molecule has 19 heavy (non-hydrogen) atoms. The number of likely N-dealkylation sites (tertiary alicyclic amines) is 1. The Morgan fingerprint density at radius 1 is 1.26 bits per heavy atom. The molecule has 2 unspecified atom stereocenters. The van der Waals surface area contributed by atoms with Gasteiger partial charge in [0.05, 0.1) is 0 Å². The van der Waals surface area contributed by atoms with Crippen LogP contribution in [0.2, 0.25) is 0 Å². The second-order valence-corrected chi connectivity index (χ2v) is 5.98. The zero-order valence-corrected chi connectivity index (χ0v) is 12.4. The molecule has 0 aliphatic carbocycles. The molecule has 1 fully saturated rings. The Balaban J connectivity index is 2.21. The number of piperidine rings is 1. The molecule has 2 nitrogen and oxygen atoms in total. The quantitative estimate of drug-likeness (QED) is 0.881. The molecule has 1 aromatic carbocycles. The third-order valence-electron chi connectivity index (χ3n) is 4.83. The summed E-state index contributed by atoms with van der Waals surface area (Å²) in [5.41, 5.74) is 7.77. The third kappa shape index (κ3) is 3.18. The predicted molar refractivity (Wildman–Crippen MR) is 82.2 cm³/mol. The van der Waals surface area contributed by atoms with Gasteiger partial charge in [0.15, 0.2) is 0 Å².